The Morgan fingerprint density at radius 2 is 1.43 bits per heavy atom. The highest BCUT2D eigenvalue weighted by molar-refractivity contribution is 5.28. The highest BCUT2D eigenvalue weighted by Crippen LogP contribution is 2.44. The second-order valence-electron chi connectivity index (χ2n) is 9.52. The van der Waals surface area contributed by atoms with Crippen LogP contribution in [0, 0.1) is 17.8 Å². The topological polar surface area (TPSA) is 9.23 Å². The van der Waals surface area contributed by atoms with Crippen LogP contribution in [-0.4, -0.2) is 0 Å². The van der Waals surface area contributed by atoms with Crippen molar-refractivity contribution in [2.75, 3.05) is 0 Å². The first-order chi connectivity index (χ1) is 14.2. The molecule has 3 heteroatoms. The summed E-state index contributed by atoms with van der Waals surface area (Å²) >= 11 is 0. The van der Waals surface area contributed by atoms with Gasteiger partial charge in [0.2, 0.25) is 0 Å². The van der Waals surface area contributed by atoms with Gasteiger partial charge in [-0.05, 0) is 92.9 Å². The molecule has 0 N–H and O–H groups in total. The molecule has 164 valence electrons. The van der Waals surface area contributed by atoms with Crippen LogP contribution in [0.2, 0.25) is 0 Å². The second-order valence-corrected chi connectivity index (χ2v) is 9.52. The Labute approximate surface area is 180 Å². The first kappa shape index (κ1) is 22.8. The van der Waals surface area contributed by atoms with E-state index in [1.54, 1.807) is 13.0 Å². The standard InChI is InChI=1S/C27H36F2O/c1-19(2)5-8-21(4)30-27(28,29)26-17-15-25(16-18-26)24-13-11-23(12-14-24)22-9-6-20(3)7-10-22/h5,8,15-18,20,22-24H,1,4,6-7,9-14H2,2-3H3/b8-5-. The molecule has 1 nitrogen and oxygen atoms in total. The molecule has 0 bridgehead atoms. The molecule has 0 saturated heterocycles. The van der Waals surface area contributed by atoms with Crippen molar-refractivity contribution in [1.29, 1.82) is 0 Å². The number of allylic oxidation sites excluding steroid dienone is 3. The van der Waals surface area contributed by atoms with Gasteiger partial charge in [-0.1, -0.05) is 56.7 Å². The molecule has 2 aliphatic rings. The van der Waals surface area contributed by atoms with Crippen LogP contribution in [0.25, 0.3) is 0 Å². The quantitative estimate of drug-likeness (QED) is 0.321. The second kappa shape index (κ2) is 9.94. The van der Waals surface area contributed by atoms with E-state index in [2.05, 4.69) is 20.1 Å². The molecule has 0 unspecified atom stereocenters. The molecule has 0 amide bonds. The molecule has 0 aliphatic heterocycles. The van der Waals surface area contributed by atoms with Crippen molar-refractivity contribution >= 4 is 0 Å². The Morgan fingerprint density at radius 1 is 0.900 bits per heavy atom. The maximum atomic E-state index is 14.5. The minimum absolute atomic E-state index is 0.0810. The predicted molar refractivity (Wildman–Crippen MR) is 120 cm³/mol. The SMILES string of the molecule is C=C(C)/C=C\C(=C)OC(F)(F)c1ccc(C2CCC(C3CCC(C)CC3)CC2)cc1. The minimum atomic E-state index is -3.40. The normalized spacial score (nSPS) is 27.7. The number of alkyl halides is 2. The molecule has 0 spiro atoms. The molecule has 2 saturated carbocycles. The number of benzene rings is 1. The van der Waals surface area contributed by atoms with Gasteiger partial charge in [-0.25, -0.2) is 0 Å². The van der Waals surface area contributed by atoms with Gasteiger partial charge in [0.25, 0.3) is 0 Å². The van der Waals surface area contributed by atoms with Crippen LogP contribution in [0.3, 0.4) is 0 Å². The molecule has 1 aromatic carbocycles. The first-order valence-electron chi connectivity index (χ1n) is 11.4. The van der Waals surface area contributed by atoms with Gasteiger partial charge >= 0.3 is 6.11 Å². The largest absolute Gasteiger partial charge is 0.430 e. The summed E-state index contributed by atoms with van der Waals surface area (Å²) in [6.07, 6.45) is 10.1. The van der Waals surface area contributed by atoms with Gasteiger partial charge in [-0.3, -0.25) is 0 Å². The summed E-state index contributed by atoms with van der Waals surface area (Å²) < 4.78 is 33.7. The molecule has 0 atom stereocenters. The van der Waals surface area contributed by atoms with Gasteiger partial charge in [-0.15, -0.1) is 0 Å². The van der Waals surface area contributed by atoms with E-state index in [0.717, 1.165) is 23.3 Å². The summed E-state index contributed by atoms with van der Waals surface area (Å²) in [5, 5.41) is 0. The van der Waals surface area contributed by atoms with E-state index >= 15 is 0 Å². The average Bonchev–Trinajstić information content (AvgIpc) is 2.73. The van der Waals surface area contributed by atoms with Crippen molar-refractivity contribution in [3.8, 4) is 0 Å². The van der Waals surface area contributed by atoms with Crippen molar-refractivity contribution < 1.29 is 13.5 Å². The van der Waals surface area contributed by atoms with Gasteiger partial charge in [0.15, 0.2) is 0 Å². The zero-order chi connectivity index (χ0) is 21.7. The van der Waals surface area contributed by atoms with Crippen LogP contribution in [0.5, 0.6) is 0 Å². The Hall–Kier alpha value is -1.90. The molecule has 1 aromatic rings. The maximum absolute atomic E-state index is 14.5. The smallest absolute Gasteiger partial charge is 0.426 e. The summed E-state index contributed by atoms with van der Waals surface area (Å²) in [5.41, 5.74) is 1.78. The van der Waals surface area contributed by atoms with Crippen LogP contribution in [0.4, 0.5) is 8.78 Å². The third-order valence-corrected chi connectivity index (χ3v) is 7.03. The fraction of sp³-hybridized carbons (Fsp3) is 0.556. The third-order valence-electron chi connectivity index (χ3n) is 7.03. The van der Waals surface area contributed by atoms with Crippen LogP contribution in [-0.2, 0) is 10.8 Å². The van der Waals surface area contributed by atoms with Gasteiger partial charge in [-0.2, -0.15) is 8.78 Å². The molecular weight excluding hydrogens is 378 g/mol. The number of hydrogen-bond donors (Lipinski definition) is 0. The number of halogens is 2. The van der Waals surface area contributed by atoms with Crippen LogP contribution in [0.1, 0.15) is 82.3 Å². The third kappa shape index (κ3) is 6.06. The summed E-state index contributed by atoms with van der Waals surface area (Å²) in [6.45, 7) is 11.4. The van der Waals surface area contributed by atoms with Crippen molar-refractivity contribution in [1.82, 2.24) is 0 Å². The fourth-order valence-electron chi connectivity index (χ4n) is 5.12. The first-order valence-corrected chi connectivity index (χ1v) is 11.4. The fourth-order valence-corrected chi connectivity index (χ4v) is 5.12. The highest BCUT2D eigenvalue weighted by atomic mass is 19.3. The zero-order valence-corrected chi connectivity index (χ0v) is 18.5. The lowest BCUT2D eigenvalue weighted by atomic mass is 9.68. The minimum Gasteiger partial charge on any atom is -0.430 e. The predicted octanol–water partition coefficient (Wildman–Crippen LogP) is 8.50. The van der Waals surface area contributed by atoms with Crippen molar-refractivity contribution in [3.63, 3.8) is 0 Å². The highest BCUT2D eigenvalue weighted by Gasteiger charge is 2.35. The molecule has 2 aliphatic carbocycles. The number of ether oxygens (including phenoxy) is 1. The van der Waals surface area contributed by atoms with Gasteiger partial charge < -0.3 is 4.74 Å². The van der Waals surface area contributed by atoms with Gasteiger partial charge in [0, 0.05) is 0 Å². The average molecular weight is 415 g/mol. The van der Waals surface area contributed by atoms with Gasteiger partial charge in [0.1, 0.15) is 5.76 Å². The molecule has 30 heavy (non-hydrogen) atoms. The maximum Gasteiger partial charge on any atom is 0.426 e. The lowest BCUT2D eigenvalue weighted by Crippen LogP contribution is -2.24. The number of hydrogen-bond acceptors (Lipinski definition) is 1. The molecule has 0 heterocycles. The summed E-state index contributed by atoms with van der Waals surface area (Å²) in [7, 11) is 0. The monoisotopic (exact) mass is 414 g/mol. The Balaban J connectivity index is 1.54. The lowest BCUT2D eigenvalue weighted by molar-refractivity contribution is -0.220. The van der Waals surface area contributed by atoms with Gasteiger partial charge in [0.05, 0.1) is 5.56 Å². The van der Waals surface area contributed by atoms with E-state index in [1.807, 2.05) is 12.1 Å². The Bertz CT molecular complexity index is 746. The summed E-state index contributed by atoms with van der Waals surface area (Å²) in [4.78, 5) is 0. The van der Waals surface area contributed by atoms with Crippen LogP contribution in [0.15, 0.2) is 60.9 Å². The van der Waals surface area contributed by atoms with Crippen LogP contribution < -0.4 is 0 Å². The van der Waals surface area contributed by atoms with Crippen molar-refractivity contribution in [3.05, 3.63) is 72.0 Å². The van der Waals surface area contributed by atoms with E-state index in [9.17, 15) is 8.78 Å². The van der Waals surface area contributed by atoms with E-state index in [0.29, 0.717) is 5.92 Å². The number of rotatable bonds is 7. The molecule has 0 radical (unpaired) electrons. The molecular formula is C27H36F2O. The Morgan fingerprint density at radius 3 is 1.97 bits per heavy atom. The van der Waals surface area contributed by atoms with E-state index < -0.39 is 6.11 Å². The van der Waals surface area contributed by atoms with E-state index in [1.165, 1.54) is 75.1 Å². The van der Waals surface area contributed by atoms with Crippen LogP contribution >= 0.6 is 0 Å². The molecule has 3 rings (SSSR count). The summed E-state index contributed by atoms with van der Waals surface area (Å²) in [5.74, 6) is 3.08. The molecule has 2 fully saturated rings. The summed E-state index contributed by atoms with van der Waals surface area (Å²) in [6, 6.07) is 6.71. The Kier molecular flexibility index (Phi) is 7.55. The lowest BCUT2D eigenvalue weighted by Gasteiger charge is -2.37. The van der Waals surface area contributed by atoms with E-state index in [-0.39, 0.29) is 11.3 Å². The zero-order valence-electron chi connectivity index (χ0n) is 18.5. The van der Waals surface area contributed by atoms with Crippen molar-refractivity contribution in [2.45, 2.75) is 77.2 Å². The van der Waals surface area contributed by atoms with Crippen molar-refractivity contribution in [2.24, 2.45) is 17.8 Å². The van der Waals surface area contributed by atoms with E-state index in [4.69, 9.17) is 4.74 Å². The molecule has 0 aromatic heterocycles.